The summed E-state index contributed by atoms with van der Waals surface area (Å²) in [7, 11) is 0. The molecule has 0 aliphatic heterocycles. The smallest absolute Gasteiger partial charge is 0.407 e. The molecule has 134 valence electrons. The zero-order valence-corrected chi connectivity index (χ0v) is 14.4. The number of fused-ring (bicyclic) bond motifs is 3. The Labute approximate surface area is 152 Å². The molecule has 0 heterocycles. The Kier molecular flexibility index (Phi) is 4.37. The third-order valence-electron chi connectivity index (χ3n) is 5.50. The normalized spacial score (nSPS) is 20.6. The Morgan fingerprint density at radius 2 is 1.62 bits per heavy atom. The molecule has 2 aromatic rings. The number of hydrogen-bond acceptors (Lipinski definition) is 3. The maximum atomic E-state index is 12.2. The summed E-state index contributed by atoms with van der Waals surface area (Å²) in [5.74, 6) is -0.786. The third kappa shape index (κ3) is 3.05. The Morgan fingerprint density at radius 1 is 1.00 bits per heavy atom. The molecule has 5 heteroatoms. The number of ether oxygens (including phenoxy) is 1. The van der Waals surface area contributed by atoms with Gasteiger partial charge in [0.1, 0.15) is 6.61 Å². The molecule has 5 nitrogen and oxygen atoms in total. The molecule has 26 heavy (non-hydrogen) atoms. The molecule has 2 atom stereocenters. The van der Waals surface area contributed by atoms with Crippen LogP contribution in [0.1, 0.15) is 36.3 Å². The van der Waals surface area contributed by atoms with Gasteiger partial charge in [-0.25, -0.2) is 4.79 Å². The summed E-state index contributed by atoms with van der Waals surface area (Å²) < 4.78 is 5.50. The van der Waals surface area contributed by atoms with E-state index in [1.165, 1.54) is 22.3 Å². The van der Waals surface area contributed by atoms with Crippen molar-refractivity contribution in [1.29, 1.82) is 0 Å². The molecule has 1 amide bonds. The highest BCUT2D eigenvalue weighted by Crippen LogP contribution is 2.44. The van der Waals surface area contributed by atoms with Gasteiger partial charge in [-0.15, -0.1) is 0 Å². The van der Waals surface area contributed by atoms with Crippen LogP contribution in [-0.4, -0.2) is 29.8 Å². The highest BCUT2D eigenvalue weighted by Gasteiger charge is 2.34. The van der Waals surface area contributed by atoms with Crippen molar-refractivity contribution >= 4 is 12.1 Å². The van der Waals surface area contributed by atoms with Crippen LogP contribution in [0.5, 0.6) is 0 Å². The van der Waals surface area contributed by atoms with Gasteiger partial charge in [-0.3, -0.25) is 4.79 Å². The highest BCUT2D eigenvalue weighted by atomic mass is 16.5. The van der Waals surface area contributed by atoms with Gasteiger partial charge in [-0.05, 0) is 41.0 Å². The van der Waals surface area contributed by atoms with Gasteiger partial charge in [0.25, 0.3) is 0 Å². The third-order valence-corrected chi connectivity index (χ3v) is 5.50. The molecule has 0 spiro atoms. The number of alkyl carbamates (subject to hydrolysis) is 1. The van der Waals surface area contributed by atoms with E-state index < -0.39 is 12.1 Å². The van der Waals surface area contributed by atoms with Crippen LogP contribution in [0, 0.1) is 5.92 Å². The molecule has 2 aliphatic rings. The lowest BCUT2D eigenvalue weighted by molar-refractivity contribution is -0.139. The molecule has 0 aromatic heterocycles. The Hall–Kier alpha value is -2.82. The molecule has 4 rings (SSSR count). The van der Waals surface area contributed by atoms with E-state index >= 15 is 0 Å². The fourth-order valence-electron chi connectivity index (χ4n) is 4.02. The predicted octanol–water partition coefficient (Wildman–Crippen LogP) is 3.78. The van der Waals surface area contributed by atoms with Crippen LogP contribution in [0.25, 0.3) is 11.1 Å². The van der Waals surface area contributed by atoms with Gasteiger partial charge in [-0.1, -0.05) is 48.5 Å². The molecular weight excluding hydrogens is 330 g/mol. The molecule has 1 saturated carbocycles. The van der Waals surface area contributed by atoms with Crippen LogP contribution in [0.2, 0.25) is 0 Å². The van der Waals surface area contributed by atoms with E-state index in [0.29, 0.717) is 0 Å². The lowest BCUT2D eigenvalue weighted by Crippen LogP contribution is -2.47. The molecular formula is C21H21NO4. The number of carbonyl (C=O) groups excluding carboxylic acids is 1. The SMILES string of the molecule is O=C(O)C[C@@H]1CC[C@H]1NC(=O)OCC1c2ccccc2-c2ccccc21. The van der Waals surface area contributed by atoms with Gasteiger partial charge < -0.3 is 15.2 Å². The predicted molar refractivity (Wildman–Crippen MR) is 97.0 cm³/mol. The van der Waals surface area contributed by atoms with Crippen molar-refractivity contribution in [3.8, 4) is 11.1 Å². The lowest BCUT2D eigenvalue weighted by Gasteiger charge is -2.35. The van der Waals surface area contributed by atoms with Crippen molar-refractivity contribution in [2.24, 2.45) is 5.92 Å². The van der Waals surface area contributed by atoms with Crippen LogP contribution in [0.3, 0.4) is 0 Å². The van der Waals surface area contributed by atoms with Gasteiger partial charge in [0.15, 0.2) is 0 Å². The highest BCUT2D eigenvalue weighted by molar-refractivity contribution is 5.79. The summed E-state index contributed by atoms with van der Waals surface area (Å²) >= 11 is 0. The number of amides is 1. The molecule has 2 aliphatic carbocycles. The number of aliphatic carboxylic acids is 1. The first-order chi connectivity index (χ1) is 12.6. The van der Waals surface area contributed by atoms with Gasteiger partial charge in [0.05, 0.1) is 6.42 Å². The number of carbonyl (C=O) groups is 2. The summed E-state index contributed by atoms with van der Waals surface area (Å²) in [5, 5.41) is 11.7. The quantitative estimate of drug-likeness (QED) is 0.860. The summed E-state index contributed by atoms with van der Waals surface area (Å²) in [5.41, 5.74) is 4.73. The molecule has 0 bridgehead atoms. The van der Waals surface area contributed by atoms with Gasteiger partial charge in [0.2, 0.25) is 0 Å². The van der Waals surface area contributed by atoms with E-state index in [2.05, 4.69) is 29.6 Å². The van der Waals surface area contributed by atoms with Crippen molar-refractivity contribution in [3.05, 3.63) is 59.7 Å². The molecule has 0 unspecified atom stereocenters. The van der Waals surface area contributed by atoms with E-state index in [-0.39, 0.29) is 30.9 Å². The molecule has 2 aromatic carbocycles. The Morgan fingerprint density at radius 3 is 2.15 bits per heavy atom. The fourth-order valence-corrected chi connectivity index (χ4v) is 4.02. The lowest BCUT2D eigenvalue weighted by atomic mass is 9.77. The second-order valence-electron chi connectivity index (χ2n) is 7.01. The Bertz CT molecular complexity index is 802. The van der Waals surface area contributed by atoms with Crippen LogP contribution >= 0.6 is 0 Å². The number of rotatable bonds is 5. The molecule has 1 fully saturated rings. The minimum absolute atomic E-state index is 0.00739. The largest absolute Gasteiger partial charge is 0.481 e. The van der Waals surface area contributed by atoms with E-state index in [0.717, 1.165) is 12.8 Å². The average molecular weight is 351 g/mol. The van der Waals surface area contributed by atoms with Crippen molar-refractivity contribution in [2.45, 2.75) is 31.2 Å². The van der Waals surface area contributed by atoms with Crippen molar-refractivity contribution in [1.82, 2.24) is 5.32 Å². The maximum absolute atomic E-state index is 12.2. The first-order valence-electron chi connectivity index (χ1n) is 8.97. The standard InChI is InChI=1S/C21H21NO4/c23-20(24)11-13-9-10-19(13)22-21(25)26-12-18-16-7-3-1-5-14(16)15-6-2-4-8-17(15)18/h1-8,13,18-19H,9-12H2,(H,22,25)(H,23,24)/t13-,19+/m0/s1. The Balaban J connectivity index is 1.40. The number of benzene rings is 2. The zero-order valence-electron chi connectivity index (χ0n) is 14.4. The second-order valence-corrected chi connectivity index (χ2v) is 7.01. The van der Waals surface area contributed by atoms with E-state index in [1.807, 2.05) is 24.3 Å². The van der Waals surface area contributed by atoms with Crippen molar-refractivity contribution in [2.75, 3.05) is 6.61 Å². The first-order valence-corrected chi connectivity index (χ1v) is 8.97. The maximum Gasteiger partial charge on any atom is 0.407 e. The zero-order chi connectivity index (χ0) is 18.1. The summed E-state index contributed by atoms with van der Waals surface area (Å²) in [6.07, 6.45) is 1.27. The van der Waals surface area contributed by atoms with E-state index in [9.17, 15) is 9.59 Å². The minimum Gasteiger partial charge on any atom is -0.481 e. The number of carboxylic acid groups (broad SMARTS) is 1. The monoisotopic (exact) mass is 351 g/mol. The van der Waals surface area contributed by atoms with E-state index in [1.54, 1.807) is 0 Å². The number of nitrogens with one attached hydrogen (secondary N) is 1. The van der Waals surface area contributed by atoms with E-state index in [4.69, 9.17) is 9.84 Å². The molecule has 0 radical (unpaired) electrons. The van der Waals surface area contributed by atoms with Crippen LogP contribution in [-0.2, 0) is 9.53 Å². The van der Waals surface area contributed by atoms with Gasteiger partial charge in [-0.2, -0.15) is 0 Å². The summed E-state index contributed by atoms with van der Waals surface area (Å²) in [6, 6.07) is 16.3. The molecule has 2 N–H and O–H groups in total. The second kappa shape index (κ2) is 6.83. The molecule has 0 saturated heterocycles. The van der Waals surface area contributed by atoms with Crippen molar-refractivity contribution < 1.29 is 19.4 Å². The van der Waals surface area contributed by atoms with Gasteiger partial charge in [0, 0.05) is 12.0 Å². The topological polar surface area (TPSA) is 75.6 Å². The van der Waals surface area contributed by atoms with Crippen LogP contribution in [0.15, 0.2) is 48.5 Å². The minimum atomic E-state index is -0.825. The van der Waals surface area contributed by atoms with Crippen molar-refractivity contribution in [3.63, 3.8) is 0 Å². The number of hydrogen-bond donors (Lipinski definition) is 2. The fraction of sp³-hybridized carbons (Fsp3) is 0.333. The number of carboxylic acids is 1. The summed E-state index contributed by atoms with van der Waals surface area (Å²) in [6.45, 7) is 0.274. The summed E-state index contributed by atoms with van der Waals surface area (Å²) in [4.78, 5) is 23.0. The van der Waals surface area contributed by atoms with Crippen LogP contribution < -0.4 is 5.32 Å². The van der Waals surface area contributed by atoms with Gasteiger partial charge >= 0.3 is 12.1 Å². The average Bonchev–Trinajstić information content (AvgIpc) is 2.96. The first kappa shape index (κ1) is 16.6. The van der Waals surface area contributed by atoms with Crippen LogP contribution in [0.4, 0.5) is 4.79 Å².